The molecule has 0 amide bonds. The molecule has 0 aliphatic carbocycles. The van der Waals surface area contributed by atoms with Gasteiger partial charge < -0.3 is 10.2 Å². The van der Waals surface area contributed by atoms with E-state index < -0.39 is 17.6 Å². The van der Waals surface area contributed by atoms with Gasteiger partial charge in [-0.2, -0.15) is 13.2 Å². The van der Waals surface area contributed by atoms with E-state index in [0.717, 1.165) is 32.0 Å². The van der Waals surface area contributed by atoms with Gasteiger partial charge in [0.25, 0.3) is 0 Å². The standard InChI is InChI=1S/C14H18F4N2/c1-2-7-20(11-5-6-19-9-11)13-4-3-10(8-12(13)15)14(16,17)18/h3-4,8,11,19H,2,5-7,9H2,1H3. The molecular weight excluding hydrogens is 272 g/mol. The Bertz CT molecular complexity index is 453. The van der Waals surface area contributed by atoms with Crippen LogP contribution in [0.5, 0.6) is 0 Å². The third kappa shape index (κ3) is 3.23. The predicted molar refractivity (Wildman–Crippen MR) is 70.3 cm³/mol. The maximum atomic E-state index is 14.0. The molecule has 0 aromatic heterocycles. The molecule has 0 saturated carbocycles. The molecule has 0 bridgehead atoms. The molecule has 6 heteroatoms. The van der Waals surface area contributed by atoms with Gasteiger partial charge in [0, 0.05) is 19.1 Å². The maximum absolute atomic E-state index is 14.0. The summed E-state index contributed by atoms with van der Waals surface area (Å²) in [5.41, 5.74) is -0.687. The van der Waals surface area contributed by atoms with E-state index in [0.29, 0.717) is 12.6 Å². The molecule has 1 aliphatic heterocycles. The Morgan fingerprint density at radius 3 is 2.60 bits per heavy atom. The van der Waals surface area contributed by atoms with E-state index >= 15 is 0 Å². The van der Waals surface area contributed by atoms with Crippen LogP contribution < -0.4 is 10.2 Å². The molecule has 2 nitrogen and oxygen atoms in total. The number of anilines is 1. The van der Waals surface area contributed by atoms with Crippen molar-refractivity contribution >= 4 is 5.69 Å². The summed E-state index contributed by atoms with van der Waals surface area (Å²) < 4.78 is 51.7. The predicted octanol–water partition coefficient (Wildman–Crippen LogP) is 3.42. The molecule has 20 heavy (non-hydrogen) atoms. The molecule has 1 aliphatic rings. The first kappa shape index (κ1) is 15.1. The van der Waals surface area contributed by atoms with Crippen LogP contribution in [0.15, 0.2) is 18.2 Å². The van der Waals surface area contributed by atoms with E-state index in [2.05, 4.69) is 5.32 Å². The quantitative estimate of drug-likeness (QED) is 0.855. The van der Waals surface area contributed by atoms with E-state index in [4.69, 9.17) is 0 Å². The minimum absolute atomic E-state index is 0.140. The Morgan fingerprint density at radius 1 is 1.35 bits per heavy atom. The largest absolute Gasteiger partial charge is 0.416 e. The zero-order valence-corrected chi connectivity index (χ0v) is 11.3. The van der Waals surface area contributed by atoms with E-state index in [-0.39, 0.29) is 11.7 Å². The summed E-state index contributed by atoms with van der Waals surface area (Å²) in [6.45, 7) is 4.19. The zero-order chi connectivity index (χ0) is 14.8. The van der Waals surface area contributed by atoms with Gasteiger partial charge in [-0.1, -0.05) is 6.92 Å². The lowest BCUT2D eigenvalue weighted by atomic mass is 10.1. The molecule has 1 unspecified atom stereocenters. The van der Waals surface area contributed by atoms with Gasteiger partial charge in [0.15, 0.2) is 0 Å². The highest BCUT2D eigenvalue weighted by Crippen LogP contribution is 2.33. The van der Waals surface area contributed by atoms with Crippen LogP contribution in [-0.4, -0.2) is 25.7 Å². The normalized spacial score (nSPS) is 19.4. The summed E-state index contributed by atoms with van der Waals surface area (Å²) in [7, 11) is 0. The number of hydrogen-bond donors (Lipinski definition) is 1. The molecule has 2 rings (SSSR count). The monoisotopic (exact) mass is 290 g/mol. The first-order chi connectivity index (χ1) is 9.43. The molecule has 1 aromatic carbocycles. The van der Waals surface area contributed by atoms with Crippen molar-refractivity contribution < 1.29 is 17.6 Å². The molecule has 0 radical (unpaired) electrons. The summed E-state index contributed by atoms with van der Waals surface area (Å²) in [5, 5.41) is 3.19. The van der Waals surface area contributed by atoms with Crippen LogP contribution >= 0.6 is 0 Å². The fourth-order valence-corrected chi connectivity index (χ4v) is 2.56. The molecule has 1 fully saturated rings. The van der Waals surface area contributed by atoms with Gasteiger partial charge in [0.1, 0.15) is 5.82 Å². The highest BCUT2D eigenvalue weighted by atomic mass is 19.4. The van der Waals surface area contributed by atoms with Crippen LogP contribution in [-0.2, 0) is 6.18 Å². The van der Waals surface area contributed by atoms with Crippen molar-refractivity contribution in [3.63, 3.8) is 0 Å². The van der Waals surface area contributed by atoms with Crippen LogP contribution in [0.2, 0.25) is 0 Å². The topological polar surface area (TPSA) is 15.3 Å². The fraction of sp³-hybridized carbons (Fsp3) is 0.571. The number of alkyl halides is 3. The van der Waals surface area contributed by atoms with Crippen molar-refractivity contribution in [1.29, 1.82) is 0 Å². The lowest BCUT2D eigenvalue weighted by Crippen LogP contribution is -2.38. The van der Waals surface area contributed by atoms with Crippen molar-refractivity contribution in [3.8, 4) is 0 Å². The first-order valence-electron chi connectivity index (χ1n) is 6.77. The highest BCUT2D eigenvalue weighted by molar-refractivity contribution is 5.51. The van der Waals surface area contributed by atoms with Crippen LogP contribution in [0, 0.1) is 5.82 Å². The van der Waals surface area contributed by atoms with E-state index in [1.807, 2.05) is 11.8 Å². The van der Waals surface area contributed by atoms with Gasteiger partial charge in [0.05, 0.1) is 11.3 Å². The molecule has 1 heterocycles. The number of nitrogens with one attached hydrogen (secondary N) is 1. The van der Waals surface area contributed by atoms with Crippen LogP contribution in [0.3, 0.4) is 0 Å². The van der Waals surface area contributed by atoms with E-state index in [9.17, 15) is 17.6 Å². The van der Waals surface area contributed by atoms with Gasteiger partial charge in [-0.15, -0.1) is 0 Å². The van der Waals surface area contributed by atoms with Gasteiger partial charge in [0.2, 0.25) is 0 Å². The Morgan fingerprint density at radius 2 is 2.10 bits per heavy atom. The molecule has 1 aromatic rings. The molecule has 1 N–H and O–H groups in total. The Balaban J connectivity index is 2.29. The minimum atomic E-state index is -4.51. The molecule has 112 valence electrons. The van der Waals surface area contributed by atoms with Gasteiger partial charge in [-0.05, 0) is 37.6 Å². The summed E-state index contributed by atoms with van der Waals surface area (Å²) >= 11 is 0. The summed E-state index contributed by atoms with van der Waals surface area (Å²) in [6, 6.07) is 2.91. The fourth-order valence-electron chi connectivity index (χ4n) is 2.56. The maximum Gasteiger partial charge on any atom is 0.416 e. The van der Waals surface area contributed by atoms with Crippen molar-refractivity contribution in [3.05, 3.63) is 29.6 Å². The third-order valence-electron chi connectivity index (χ3n) is 3.52. The summed E-state index contributed by atoms with van der Waals surface area (Å²) in [6.07, 6.45) is -2.82. The number of hydrogen-bond acceptors (Lipinski definition) is 2. The molecular formula is C14H18F4N2. The third-order valence-corrected chi connectivity index (χ3v) is 3.52. The Labute approximate surface area is 115 Å². The van der Waals surface area contributed by atoms with Crippen molar-refractivity contribution in [2.45, 2.75) is 32.0 Å². The first-order valence-corrected chi connectivity index (χ1v) is 6.77. The Hall–Kier alpha value is -1.30. The van der Waals surface area contributed by atoms with E-state index in [1.165, 1.54) is 6.07 Å². The van der Waals surface area contributed by atoms with Gasteiger partial charge >= 0.3 is 6.18 Å². The van der Waals surface area contributed by atoms with Crippen molar-refractivity contribution in [2.24, 2.45) is 0 Å². The second kappa shape index (κ2) is 5.99. The smallest absolute Gasteiger partial charge is 0.365 e. The molecule has 1 atom stereocenters. The van der Waals surface area contributed by atoms with Crippen LogP contribution in [0.4, 0.5) is 23.2 Å². The van der Waals surface area contributed by atoms with Crippen molar-refractivity contribution in [2.75, 3.05) is 24.5 Å². The minimum Gasteiger partial charge on any atom is -0.365 e. The summed E-state index contributed by atoms with van der Waals surface area (Å²) in [4.78, 5) is 1.87. The van der Waals surface area contributed by atoms with Gasteiger partial charge in [-0.3, -0.25) is 0 Å². The second-order valence-electron chi connectivity index (χ2n) is 5.00. The van der Waals surface area contributed by atoms with E-state index in [1.54, 1.807) is 0 Å². The van der Waals surface area contributed by atoms with Crippen molar-refractivity contribution in [1.82, 2.24) is 5.32 Å². The zero-order valence-electron chi connectivity index (χ0n) is 11.3. The number of benzene rings is 1. The Kier molecular flexibility index (Phi) is 4.52. The van der Waals surface area contributed by atoms with Gasteiger partial charge in [-0.25, -0.2) is 4.39 Å². The average Bonchev–Trinajstić information content (AvgIpc) is 2.89. The number of rotatable bonds is 4. The number of nitrogens with zero attached hydrogens (tertiary/aromatic N) is 1. The SMILES string of the molecule is CCCN(c1ccc(C(F)(F)F)cc1F)C1CCNC1. The lowest BCUT2D eigenvalue weighted by Gasteiger charge is -2.31. The second-order valence-corrected chi connectivity index (χ2v) is 5.00. The molecule has 0 spiro atoms. The summed E-state index contributed by atoms with van der Waals surface area (Å²) in [5.74, 6) is -0.805. The molecule has 1 saturated heterocycles. The van der Waals surface area contributed by atoms with Crippen LogP contribution in [0.1, 0.15) is 25.3 Å². The average molecular weight is 290 g/mol. The lowest BCUT2D eigenvalue weighted by molar-refractivity contribution is -0.137. The number of halogens is 4. The van der Waals surface area contributed by atoms with Crippen LogP contribution in [0.25, 0.3) is 0 Å². The highest BCUT2D eigenvalue weighted by Gasteiger charge is 2.32.